The summed E-state index contributed by atoms with van der Waals surface area (Å²) in [7, 11) is 0. The Labute approximate surface area is 63.4 Å². The second-order valence-corrected chi connectivity index (χ2v) is 2.88. The van der Waals surface area contributed by atoms with Gasteiger partial charge in [0, 0.05) is 5.92 Å². The number of nitrogens with zero attached hydrogens (tertiary/aromatic N) is 1. The van der Waals surface area contributed by atoms with Gasteiger partial charge in [0.15, 0.2) is 0 Å². The molecular weight excluding hydrogens is 122 g/mol. The molecule has 1 heteroatoms. The minimum absolute atomic E-state index is 0.558. The molecule has 0 saturated carbocycles. The fraction of sp³-hybridized carbons (Fsp3) is 0.778. The van der Waals surface area contributed by atoms with Crippen LogP contribution in [0.2, 0.25) is 0 Å². The van der Waals surface area contributed by atoms with Crippen LogP contribution in [0.4, 0.5) is 0 Å². The Morgan fingerprint density at radius 1 is 1.50 bits per heavy atom. The van der Waals surface area contributed by atoms with Gasteiger partial charge in [0.2, 0.25) is 0 Å². The molecule has 0 unspecified atom stereocenters. The van der Waals surface area contributed by atoms with Crippen molar-refractivity contribution in [3.63, 3.8) is 0 Å². The molecule has 1 aliphatic heterocycles. The van der Waals surface area contributed by atoms with Gasteiger partial charge in [0.25, 0.3) is 0 Å². The Morgan fingerprint density at radius 3 is 2.50 bits per heavy atom. The molecule has 1 aliphatic rings. The number of hydrogen-bond donors (Lipinski definition) is 0. The molecule has 1 fully saturated rings. The standard InChI is InChI=1S/C9H15N/c1-3-9-5-7-10(4-2)8-6-9/h1,9H,4-8H2,2H3. The van der Waals surface area contributed by atoms with Crippen LogP contribution in [0, 0.1) is 18.3 Å². The van der Waals surface area contributed by atoms with E-state index in [-0.39, 0.29) is 0 Å². The molecule has 0 aromatic heterocycles. The van der Waals surface area contributed by atoms with Crippen LogP contribution in [-0.2, 0) is 0 Å². The number of hydrogen-bond acceptors (Lipinski definition) is 1. The summed E-state index contributed by atoms with van der Waals surface area (Å²) in [6.45, 7) is 5.78. The number of terminal acetylenes is 1. The molecule has 0 aliphatic carbocycles. The summed E-state index contributed by atoms with van der Waals surface area (Å²) in [5.41, 5.74) is 0. The first-order chi connectivity index (χ1) is 4.86. The number of piperidine rings is 1. The van der Waals surface area contributed by atoms with E-state index in [0.29, 0.717) is 5.92 Å². The van der Waals surface area contributed by atoms with Crippen LogP contribution in [0.1, 0.15) is 19.8 Å². The third kappa shape index (κ3) is 1.75. The van der Waals surface area contributed by atoms with E-state index in [1.807, 2.05) is 0 Å². The Hall–Kier alpha value is -0.480. The molecule has 0 aromatic carbocycles. The summed E-state index contributed by atoms with van der Waals surface area (Å²) in [4.78, 5) is 2.45. The van der Waals surface area contributed by atoms with Crippen LogP contribution in [0.25, 0.3) is 0 Å². The van der Waals surface area contributed by atoms with E-state index in [0.717, 1.165) is 0 Å². The Morgan fingerprint density at radius 2 is 2.10 bits per heavy atom. The number of likely N-dealkylation sites (tertiary alicyclic amines) is 1. The van der Waals surface area contributed by atoms with Crippen LogP contribution in [0.3, 0.4) is 0 Å². The molecular formula is C9H15N. The third-order valence-electron chi connectivity index (χ3n) is 2.27. The largest absolute Gasteiger partial charge is 0.304 e. The predicted octanol–water partition coefficient (Wildman–Crippen LogP) is 1.35. The van der Waals surface area contributed by atoms with Crippen LogP contribution >= 0.6 is 0 Å². The lowest BCUT2D eigenvalue weighted by Crippen LogP contribution is -2.32. The smallest absolute Gasteiger partial charge is 0.0224 e. The van der Waals surface area contributed by atoms with Gasteiger partial charge in [-0.3, -0.25) is 0 Å². The number of rotatable bonds is 1. The van der Waals surface area contributed by atoms with Gasteiger partial charge in [-0.15, -0.1) is 12.3 Å². The van der Waals surface area contributed by atoms with Gasteiger partial charge in [-0.25, -0.2) is 0 Å². The van der Waals surface area contributed by atoms with E-state index in [4.69, 9.17) is 6.42 Å². The SMILES string of the molecule is C#CC1CCN(CC)CC1. The molecule has 0 bridgehead atoms. The second kappa shape index (κ2) is 3.63. The minimum atomic E-state index is 0.558. The lowest BCUT2D eigenvalue weighted by atomic mass is 9.98. The maximum Gasteiger partial charge on any atom is 0.0224 e. The molecule has 0 radical (unpaired) electrons. The zero-order valence-electron chi connectivity index (χ0n) is 6.64. The van der Waals surface area contributed by atoms with Crippen molar-refractivity contribution in [2.24, 2.45) is 5.92 Å². The minimum Gasteiger partial charge on any atom is -0.304 e. The van der Waals surface area contributed by atoms with Gasteiger partial charge in [0.1, 0.15) is 0 Å². The molecule has 56 valence electrons. The maximum absolute atomic E-state index is 5.32. The zero-order chi connectivity index (χ0) is 7.40. The molecule has 1 saturated heterocycles. The van der Waals surface area contributed by atoms with Gasteiger partial charge in [0.05, 0.1) is 0 Å². The summed E-state index contributed by atoms with van der Waals surface area (Å²) >= 11 is 0. The van der Waals surface area contributed by atoms with Crippen molar-refractivity contribution in [1.29, 1.82) is 0 Å². The summed E-state index contributed by atoms with van der Waals surface area (Å²) in [6, 6.07) is 0. The van der Waals surface area contributed by atoms with Crippen molar-refractivity contribution in [3.8, 4) is 12.3 Å². The first-order valence-corrected chi connectivity index (χ1v) is 4.05. The van der Waals surface area contributed by atoms with Gasteiger partial charge < -0.3 is 4.90 Å². The molecule has 0 atom stereocenters. The van der Waals surface area contributed by atoms with E-state index >= 15 is 0 Å². The molecule has 0 N–H and O–H groups in total. The monoisotopic (exact) mass is 137 g/mol. The van der Waals surface area contributed by atoms with Gasteiger partial charge >= 0.3 is 0 Å². The topological polar surface area (TPSA) is 3.24 Å². The fourth-order valence-corrected chi connectivity index (χ4v) is 1.42. The van der Waals surface area contributed by atoms with E-state index < -0.39 is 0 Å². The van der Waals surface area contributed by atoms with Crippen molar-refractivity contribution in [2.45, 2.75) is 19.8 Å². The Bertz CT molecular complexity index is 126. The predicted molar refractivity (Wildman–Crippen MR) is 43.7 cm³/mol. The molecule has 0 spiro atoms. The van der Waals surface area contributed by atoms with Crippen LogP contribution in [0.15, 0.2) is 0 Å². The van der Waals surface area contributed by atoms with Gasteiger partial charge in [-0.1, -0.05) is 6.92 Å². The fourth-order valence-electron chi connectivity index (χ4n) is 1.42. The van der Waals surface area contributed by atoms with Crippen molar-refractivity contribution in [1.82, 2.24) is 4.90 Å². The maximum atomic E-state index is 5.32. The van der Waals surface area contributed by atoms with Crippen LogP contribution in [-0.4, -0.2) is 24.5 Å². The molecule has 1 nitrogen and oxygen atoms in total. The summed E-state index contributed by atoms with van der Waals surface area (Å²) in [5.74, 6) is 3.38. The van der Waals surface area contributed by atoms with Crippen molar-refractivity contribution in [3.05, 3.63) is 0 Å². The van der Waals surface area contributed by atoms with Crippen molar-refractivity contribution < 1.29 is 0 Å². The van der Waals surface area contributed by atoms with E-state index in [1.165, 1.54) is 32.5 Å². The van der Waals surface area contributed by atoms with Crippen molar-refractivity contribution in [2.75, 3.05) is 19.6 Å². The molecule has 1 rings (SSSR count). The normalized spacial score (nSPS) is 22.4. The molecule has 1 heterocycles. The average Bonchev–Trinajstić information content (AvgIpc) is 2.05. The highest BCUT2D eigenvalue weighted by molar-refractivity contribution is 4.95. The van der Waals surface area contributed by atoms with Crippen LogP contribution < -0.4 is 0 Å². The second-order valence-electron chi connectivity index (χ2n) is 2.88. The lowest BCUT2D eigenvalue weighted by Gasteiger charge is -2.28. The summed E-state index contributed by atoms with van der Waals surface area (Å²) in [6.07, 6.45) is 7.72. The van der Waals surface area contributed by atoms with Crippen molar-refractivity contribution >= 4 is 0 Å². The first-order valence-electron chi connectivity index (χ1n) is 4.05. The van der Waals surface area contributed by atoms with Gasteiger partial charge in [-0.05, 0) is 32.5 Å². The first kappa shape index (κ1) is 7.63. The summed E-state index contributed by atoms with van der Waals surface area (Å²) < 4.78 is 0. The lowest BCUT2D eigenvalue weighted by molar-refractivity contribution is 0.216. The van der Waals surface area contributed by atoms with E-state index in [2.05, 4.69) is 17.7 Å². The quantitative estimate of drug-likeness (QED) is 0.493. The van der Waals surface area contributed by atoms with Gasteiger partial charge in [-0.2, -0.15) is 0 Å². The Balaban J connectivity index is 2.25. The molecule has 0 amide bonds. The molecule has 10 heavy (non-hydrogen) atoms. The average molecular weight is 137 g/mol. The van der Waals surface area contributed by atoms with E-state index in [9.17, 15) is 0 Å². The summed E-state index contributed by atoms with van der Waals surface area (Å²) in [5, 5.41) is 0. The van der Waals surface area contributed by atoms with Crippen LogP contribution in [0.5, 0.6) is 0 Å². The highest BCUT2D eigenvalue weighted by Crippen LogP contribution is 2.14. The zero-order valence-corrected chi connectivity index (χ0v) is 6.64. The third-order valence-corrected chi connectivity index (χ3v) is 2.27. The highest BCUT2D eigenvalue weighted by atomic mass is 15.1. The molecule has 0 aromatic rings. The Kier molecular flexibility index (Phi) is 2.77. The van der Waals surface area contributed by atoms with E-state index in [1.54, 1.807) is 0 Å². The highest BCUT2D eigenvalue weighted by Gasteiger charge is 2.14.